The Kier molecular flexibility index (Phi) is 8.84. The lowest BCUT2D eigenvalue weighted by atomic mass is 9.90. The van der Waals surface area contributed by atoms with E-state index in [-0.39, 0.29) is 13.2 Å². The topological polar surface area (TPSA) is 165 Å². The van der Waals surface area contributed by atoms with Crippen molar-refractivity contribution in [1.82, 2.24) is 0 Å². The summed E-state index contributed by atoms with van der Waals surface area (Å²) in [5, 5.41) is 22.0. The second-order valence-corrected chi connectivity index (χ2v) is 6.35. The van der Waals surface area contributed by atoms with Crippen LogP contribution in [0.15, 0.2) is 18.2 Å². The Hall–Kier alpha value is -3.57. The van der Waals surface area contributed by atoms with Gasteiger partial charge in [0.15, 0.2) is 0 Å². The normalized spacial score (nSPS) is 12.6. The van der Waals surface area contributed by atoms with Crippen LogP contribution in [0.3, 0.4) is 0 Å². The van der Waals surface area contributed by atoms with Gasteiger partial charge in [-0.15, -0.1) is 0 Å². The van der Waals surface area contributed by atoms with E-state index in [0.717, 1.165) is 12.1 Å². The summed E-state index contributed by atoms with van der Waals surface area (Å²) in [5.74, 6) is -4.82. The number of carbonyl (C=O) groups is 3. The van der Waals surface area contributed by atoms with Crippen molar-refractivity contribution in [2.24, 2.45) is 11.8 Å². The Balaban J connectivity index is 3.37. The second kappa shape index (κ2) is 10.8. The Bertz CT molecular complexity index is 804. The van der Waals surface area contributed by atoms with Crippen LogP contribution in [0.5, 0.6) is 0 Å². The number of rotatable bonds is 10. The van der Waals surface area contributed by atoms with Gasteiger partial charge < -0.3 is 14.2 Å². The van der Waals surface area contributed by atoms with Gasteiger partial charge >= 0.3 is 17.9 Å². The largest absolute Gasteiger partial charge is 0.466 e. The molecule has 0 unspecified atom stereocenters. The zero-order valence-corrected chi connectivity index (χ0v) is 16.9. The first-order chi connectivity index (χ1) is 14.0. The molecule has 0 spiro atoms. The van der Waals surface area contributed by atoms with Gasteiger partial charge in [0.05, 0.1) is 34.7 Å². The maximum Gasteiger partial charge on any atom is 0.348 e. The molecule has 1 rings (SSSR count). The van der Waals surface area contributed by atoms with Crippen LogP contribution in [0.2, 0.25) is 0 Å². The van der Waals surface area contributed by atoms with Crippen LogP contribution in [0.25, 0.3) is 0 Å². The molecule has 12 nitrogen and oxygen atoms in total. The molecular weight excluding hydrogens is 404 g/mol. The number of esters is 3. The molecule has 164 valence electrons. The van der Waals surface area contributed by atoms with Gasteiger partial charge in [0.1, 0.15) is 5.92 Å². The van der Waals surface area contributed by atoms with Crippen LogP contribution < -0.4 is 0 Å². The first kappa shape index (κ1) is 24.5. The molecule has 0 fully saturated rings. The van der Waals surface area contributed by atoms with Crippen molar-refractivity contribution in [1.29, 1.82) is 0 Å². The Morgan fingerprint density at radius 2 is 1.37 bits per heavy atom. The quantitative estimate of drug-likeness (QED) is 0.235. The minimum Gasteiger partial charge on any atom is -0.466 e. The summed E-state index contributed by atoms with van der Waals surface area (Å²) in [4.78, 5) is 57.5. The second-order valence-electron chi connectivity index (χ2n) is 6.35. The zero-order chi connectivity index (χ0) is 23.0. The molecule has 0 radical (unpaired) electrons. The van der Waals surface area contributed by atoms with Gasteiger partial charge in [-0.3, -0.25) is 25.0 Å². The van der Waals surface area contributed by atoms with E-state index in [1.165, 1.54) is 6.92 Å². The molecule has 0 aromatic heterocycles. The minimum atomic E-state index is -1.71. The van der Waals surface area contributed by atoms with E-state index in [1.54, 1.807) is 20.8 Å². The van der Waals surface area contributed by atoms with Crippen molar-refractivity contribution in [2.45, 2.75) is 33.8 Å². The van der Waals surface area contributed by atoms with Crippen LogP contribution in [-0.2, 0) is 23.8 Å². The van der Waals surface area contributed by atoms with Gasteiger partial charge in [0, 0.05) is 12.1 Å². The standard InChI is InChI=1S/C18H22N2O10/c1-5-28-17(22)14(10(3)4)15(18(23)29-6-2)30-16(21)11-7-12(19(24)25)9-13(8-11)20(26)27/h7-10,14-15H,5-6H2,1-4H3/t14-,15+/m0/s1. The van der Waals surface area contributed by atoms with Crippen molar-refractivity contribution in [3.8, 4) is 0 Å². The van der Waals surface area contributed by atoms with Crippen molar-refractivity contribution in [3.63, 3.8) is 0 Å². The van der Waals surface area contributed by atoms with E-state index in [2.05, 4.69) is 0 Å². The number of nitrogens with zero attached hydrogens (tertiary/aromatic N) is 2. The van der Waals surface area contributed by atoms with Crippen LogP contribution in [0.1, 0.15) is 38.1 Å². The SMILES string of the molecule is CCOC(=O)[C@H](OC(=O)c1cc([N+](=O)[O-])cc([N+](=O)[O-])c1)[C@@H](C(=O)OCC)C(C)C. The van der Waals surface area contributed by atoms with Gasteiger partial charge in [-0.25, -0.2) is 9.59 Å². The average molecular weight is 426 g/mol. The highest BCUT2D eigenvalue weighted by molar-refractivity contribution is 5.94. The number of non-ortho nitro benzene ring substituents is 2. The van der Waals surface area contributed by atoms with E-state index in [1.807, 2.05) is 0 Å². The highest BCUT2D eigenvalue weighted by Crippen LogP contribution is 2.26. The molecule has 0 aliphatic rings. The smallest absolute Gasteiger partial charge is 0.348 e. The number of hydrogen-bond donors (Lipinski definition) is 0. The molecule has 1 aromatic rings. The lowest BCUT2D eigenvalue weighted by Gasteiger charge is -2.26. The fourth-order valence-electron chi connectivity index (χ4n) is 2.58. The van der Waals surface area contributed by atoms with Crippen molar-refractivity contribution in [2.75, 3.05) is 13.2 Å². The van der Waals surface area contributed by atoms with E-state index < -0.39 is 62.6 Å². The predicted octanol–water partition coefficient (Wildman–Crippen LogP) is 2.43. The lowest BCUT2D eigenvalue weighted by Crippen LogP contribution is -2.43. The average Bonchev–Trinajstić information content (AvgIpc) is 2.66. The Labute approximate surface area is 171 Å². The van der Waals surface area contributed by atoms with Crippen LogP contribution in [0, 0.1) is 32.1 Å². The molecule has 0 heterocycles. The van der Waals surface area contributed by atoms with E-state index in [9.17, 15) is 34.6 Å². The maximum absolute atomic E-state index is 12.6. The van der Waals surface area contributed by atoms with Crippen molar-refractivity contribution >= 4 is 29.3 Å². The predicted molar refractivity (Wildman–Crippen MR) is 101 cm³/mol. The van der Waals surface area contributed by atoms with Gasteiger partial charge in [-0.05, 0) is 19.8 Å². The molecule has 12 heteroatoms. The molecule has 0 saturated carbocycles. The van der Waals surface area contributed by atoms with Crippen LogP contribution in [0.4, 0.5) is 11.4 Å². The molecule has 0 saturated heterocycles. The summed E-state index contributed by atoms with van der Waals surface area (Å²) in [6, 6.07) is 2.22. The molecule has 0 aliphatic heterocycles. The molecule has 2 atom stereocenters. The fourth-order valence-corrected chi connectivity index (χ4v) is 2.58. The summed E-state index contributed by atoms with van der Waals surface area (Å²) in [7, 11) is 0. The highest BCUT2D eigenvalue weighted by Gasteiger charge is 2.41. The molecular formula is C18H22N2O10. The number of ether oxygens (including phenoxy) is 3. The van der Waals surface area contributed by atoms with Crippen molar-refractivity contribution in [3.05, 3.63) is 44.0 Å². The third-order valence-corrected chi connectivity index (χ3v) is 3.92. The number of nitro benzene ring substituents is 2. The van der Waals surface area contributed by atoms with Crippen LogP contribution >= 0.6 is 0 Å². The first-order valence-electron chi connectivity index (χ1n) is 9.01. The van der Waals surface area contributed by atoms with Crippen molar-refractivity contribution < 1.29 is 38.4 Å². The van der Waals surface area contributed by atoms with Gasteiger partial charge in [0.25, 0.3) is 11.4 Å². The van der Waals surface area contributed by atoms with Gasteiger partial charge in [-0.1, -0.05) is 13.8 Å². The third-order valence-electron chi connectivity index (χ3n) is 3.92. The molecule has 30 heavy (non-hydrogen) atoms. The molecule has 0 aliphatic carbocycles. The molecule has 0 bridgehead atoms. The number of hydrogen-bond acceptors (Lipinski definition) is 10. The Morgan fingerprint density at radius 1 is 0.900 bits per heavy atom. The van der Waals surface area contributed by atoms with E-state index in [4.69, 9.17) is 14.2 Å². The number of benzene rings is 1. The van der Waals surface area contributed by atoms with Crippen LogP contribution in [-0.4, -0.2) is 47.1 Å². The lowest BCUT2D eigenvalue weighted by molar-refractivity contribution is -0.394. The van der Waals surface area contributed by atoms with E-state index >= 15 is 0 Å². The summed E-state index contributed by atoms with van der Waals surface area (Å²) in [6.45, 7) is 6.21. The molecule has 0 amide bonds. The van der Waals surface area contributed by atoms with Gasteiger partial charge in [-0.2, -0.15) is 0 Å². The first-order valence-corrected chi connectivity index (χ1v) is 9.01. The number of carbonyl (C=O) groups excluding carboxylic acids is 3. The molecule has 1 aromatic carbocycles. The summed E-state index contributed by atoms with van der Waals surface area (Å²) < 4.78 is 15.0. The molecule has 0 N–H and O–H groups in total. The monoisotopic (exact) mass is 426 g/mol. The fraction of sp³-hybridized carbons (Fsp3) is 0.500. The minimum absolute atomic E-state index is 0.0165. The summed E-state index contributed by atoms with van der Waals surface area (Å²) in [6.07, 6.45) is -1.71. The summed E-state index contributed by atoms with van der Waals surface area (Å²) in [5.41, 5.74) is -1.96. The Morgan fingerprint density at radius 3 is 1.77 bits per heavy atom. The van der Waals surface area contributed by atoms with Gasteiger partial charge in [0.2, 0.25) is 6.10 Å². The highest BCUT2D eigenvalue weighted by atomic mass is 16.6. The summed E-state index contributed by atoms with van der Waals surface area (Å²) >= 11 is 0. The zero-order valence-electron chi connectivity index (χ0n) is 16.9. The third kappa shape index (κ3) is 6.22. The maximum atomic E-state index is 12.6. The number of nitro groups is 2. The van der Waals surface area contributed by atoms with E-state index in [0.29, 0.717) is 6.07 Å².